The highest BCUT2D eigenvalue weighted by Gasteiger charge is 2.57. The number of aliphatic hydroxyl groups is 1. The fourth-order valence-corrected chi connectivity index (χ4v) is 2.76. The van der Waals surface area contributed by atoms with Gasteiger partial charge >= 0.3 is 6.09 Å². The second kappa shape index (κ2) is 3.85. The molecule has 2 bridgehead atoms. The summed E-state index contributed by atoms with van der Waals surface area (Å²) in [6, 6.07) is 0. The molecule has 2 saturated heterocycles. The van der Waals surface area contributed by atoms with E-state index in [4.69, 9.17) is 9.47 Å². The third-order valence-electron chi connectivity index (χ3n) is 3.19. The lowest BCUT2D eigenvalue weighted by Crippen LogP contribution is -2.64. The molecule has 0 aromatic heterocycles. The topological polar surface area (TPSA) is 67.8 Å². The van der Waals surface area contributed by atoms with Gasteiger partial charge in [0.05, 0.1) is 18.8 Å². The molecule has 1 saturated carbocycles. The Morgan fingerprint density at radius 1 is 1.41 bits per heavy atom. The van der Waals surface area contributed by atoms with E-state index in [9.17, 15) is 9.90 Å². The maximum absolute atomic E-state index is 11.5. The van der Waals surface area contributed by atoms with E-state index in [-0.39, 0.29) is 5.41 Å². The predicted octanol–water partition coefficient (Wildman–Crippen LogP) is 1.05. The molecule has 3 fully saturated rings. The second-order valence-electron chi connectivity index (χ2n) is 6.43. The third kappa shape index (κ3) is 2.90. The lowest BCUT2D eigenvalue weighted by Gasteiger charge is -2.57. The number of amides is 1. The molecular formula is C12H21NO4. The van der Waals surface area contributed by atoms with E-state index in [2.05, 4.69) is 5.32 Å². The Morgan fingerprint density at radius 2 is 2.06 bits per heavy atom. The zero-order valence-corrected chi connectivity index (χ0v) is 10.7. The van der Waals surface area contributed by atoms with Crippen molar-refractivity contribution in [3.63, 3.8) is 0 Å². The molecule has 0 aromatic carbocycles. The number of ether oxygens (including phenoxy) is 2. The van der Waals surface area contributed by atoms with Crippen LogP contribution in [0.2, 0.25) is 0 Å². The number of carbonyl (C=O) groups excluding carboxylic acids is 1. The van der Waals surface area contributed by atoms with Crippen LogP contribution in [0, 0.1) is 5.41 Å². The Kier molecular flexibility index (Phi) is 2.86. The Balaban J connectivity index is 1.78. The van der Waals surface area contributed by atoms with Crippen molar-refractivity contribution >= 4 is 6.09 Å². The van der Waals surface area contributed by atoms with Crippen molar-refractivity contribution in [3.05, 3.63) is 0 Å². The van der Waals surface area contributed by atoms with E-state index in [1.807, 2.05) is 20.8 Å². The number of alkyl carbamates (subject to hydrolysis) is 1. The summed E-state index contributed by atoms with van der Waals surface area (Å²) in [4.78, 5) is 11.5. The largest absolute Gasteiger partial charge is 0.444 e. The first-order valence-corrected chi connectivity index (χ1v) is 5.99. The average Bonchev–Trinajstić information content (AvgIpc) is 2.10. The summed E-state index contributed by atoms with van der Waals surface area (Å²) in [5.74, 6) is 0. The van der Waals surface area contributed by atoms with Crippen molar-refractivity contribution in [2.75, 3.05) is 19.8 Å². The monoisotopic (exact) mass is 243 g/mol. The zero-order valence-electron chi connectivity index (χ0n) is 10.7. The normalized spacial score (nSPS) is 36.0. The van der Waals surface area contributed by atoms with E-state index in [1.54, 1.807) is 0 Å². The number of fused-ring (bicyclic) bond motifs is 2. The molecule has 2 N–H and O–H groups in total. The van der Waals surface area contributed by atoms with Crippen LogP contribution >= 0.6 is 0 Å². The average molecular weight is 243 g/mol. The molecule has 0 aromatic rings. The summed E-state index contributed by atoms with van der Waals surface area (Å²) in [6.07, 6.45) is 0.999. The van der Waals surface area contributed by atoms with Crippen LogP contribution in [0.3, 0.4) is 0 Å². The summed E-state index contributed by atoms with van der Waals surface area (Å²) < 4.78 is 10.5. The van der Waals surface area contributed by atoms with Gasteiger partial charge < -0.3 is 19.9 Å². The SMILES string of the molecule is CC(C)(C)OC(=O)NCC12COCC(O)(C1)C2. The number of nitrogens with one attached hydrogen (secondary N) is 1. The molecule has 0 spiro atoms. The van der Waals surface area contributed by atoms with Crippen molar-refractivity contribution in [2.45, 2.75) is 44.8 Å². The molecule has 0 unspecified atom stereocenters. The summed E-state index contributed by atoms with van der Waals surface area (Å²) in [6.45, 7) is 7.01. The number of carbonyl (C=O) groups is 1. The highest BCUT2D eigenvalue weighted by Crippen LogP contribution is 2.51. The van der Waals surface area contributed by atoms with Gasteiger partial charge in [0.1, 0.15) is 5.60 Å². The van der Waals surface area contributed by atoms with Gasteiger partial charge in [-0.15, -0.1) is 0 Å². The molecule has 2 aliphatic heterocycles. The van der Waals surface area contributed by atoms with Crippen LogP contribution in [-0.2, 0) is 9.47 Å². The highest BCUT2D eigenvalue weighted by atomic mass is 16.6. The summed E-state index contributed by atoms with van der Waals surface area (Å²) in [5, 5.41) is 12.6. The van der Waals surface area contributed by atoms with Gasteiger partial charge in [0.2, 0.25) is 0 Å². The molecular weight excluding hydrogens is 222 g/mol. The van der Waals surface area contributed by atoms with Gasteiger partial charge in [0, 0.05) is 12.0 Å². The van der Waals surface area contributed by atoms with E-state index >= 15 is 0 Å². The van der Waals surface area contributed by atoms with Crippen LogP contribution < -0.4 is 5.32 Å². The van der Waals surface area contributed by atoms with Gasteiger partial charge in [0.25, 0.3) is 0 Å². The van der Waals surface area contributed by atoms with Crippen LogP contribution in [0.4, 0.5) is 4.79 Å². The quantitative estimate of drug-likeness (QED) is 0.760. The summed E-state index contributed by atoms with van der Waals surface area (Å²) in [7, 11) is 0. The standard InChI is InChI=1S/C12H21NO4/c1-10(2,3)17-9(14)13-6-11-4-12(15,5-11)8-16-7-11/h15H,4-8H2,1-3H3,(H,13,14). The van der Waals surface area contributed by atoms with E-state index in [0.717, 1.165) is 0 Å². The minimum absolute atomic E-state index is 0.0933. The third-order valence-corrected chi connectivity index (χ3v) is 3.19. The summed E-state index contributed by atoms with van der Waals surface area (Å²) >= 11 is 0. The van der Waals surface area contributed by atoms with Crippen LogP contribution in [-0.4, -0.2) is 42.2 Å². The fourth-order valence-electron chi connectivity index (χ4n) is 2.76. The van der Waals surface area contributed by atoms with Crippen molar-refractivity contribution in [3.8, 4) is 0 Å². The number of rotatable bonds is 2. The molecule has 1 amide bonds. The first kappa shape index (κ1) is 12.6. The molecule has 2 heterocycles. The first-order valence-electron chi connectivity index (χ1n) is 5.99. The molecule has 0 radical (unpaired) electrons. The number of hydrogen-bond acceptors (Lipinski definition) is 4. The van der Waals surface area contributed by atoms with Gasteiger partial charge in [-0.1, -0.05) is 0 Å². The van der Waals surface area contributed by atoms with Crippen molar-refractivity contribution in [1.82, 2.24) is 5.32 Å². The van der Waals surface area contributed by atoms with Crippen molar-refractivity contribution in [1.29, 1.82) is 0 Å². The molecule has 5 heteroatoms. The van der Waals surface area contributed by atoms with Crippen LogP contribution in [0.15, 0.2) is 0 Å². The lowest BCUT2D eigenvalue weighted by molar-refractivity contribution is -0.234. The minimum Gasteiger partial charge on any atom is -0.444 e. The van der Waals surface area contributed by atoms with Crippen LogP contribution in [0.1, 0.15) is 33.6 Å². The lowest BCUT2D eigenvalue weighted by atomic mass is 9.58. The van der Waals surface area contributed by atoms with E-state index in [1.165, 1.54) is 0 Å². The maximum Gasteiger partial charge on any atom is 0.407 e. The fraction of sp³-hybridized carbons (Fsp3) is 0.917. The van der Waals surface area contributed by atoms with Gasteiger partial charge in [-0.2, -0.15) is 0 Å². The number of hydrogen-bond donors (Lipinski definition) is 2. The zero-order chi connectivity index (χ0) is 12.7. The maximum atomic E-state index is 11.5. The van der Waals surface area contributed by atoms with E-state index in [0.29, 0.717) is 32.6 Å². The molecule has 3 rings (SSSR count). The highest BCUT2D eigenvalue weighted by molar-refractivity contribution is 5.67. The smallest absolute Gasteiger partial charge is 0.407 e. The van der Waals surface area contributed by atoms with Gasteiger partial charge in [-0.05, 0) is 33.6 Å². The van der Waals surface area contributed by atoms with E-state index < -0.39 is 17.3 Å². The van der Waals surface area contributed by atoms with Crippen molar-refractivity contribution < 1.29 is 19.4 Å². The molecule has 5 nitrogen and oxygen atoms in total. The van der Waals surface area contributed by atoms with Crippen molar-refractivity contribution in [2.24, 2.45) is 5.41 Å². The van der Waals surface area contributed by atoms with Gasteiger partial charge in [-0.25, -0.2) is 4.79 Å². The molecule has 98 valence electrons. The van der Waals surface area contributed by atoms with Crippen LogP contribution in [0.25, 0.3) is 0 Å². The Morgan fingerprint density at radius 3 is 2.59 bits per heavy atom. The Hall–Kier alpha value is -0.810. The predicted molar refractivity (Wildman–Crippen MR) is 61.7 cm³/mol. The Bertz CT molecular complexity index is 315. The Labute approximate surface area is 101 Å². The van der Waals surface area contributed by atoms with Crippen LogP contribution in [0.5, 0.6) is 0 Å². The first-order chi connectivity index (χ1) is 7.72. The minimum atomic E-state index is -0.659. The molecule has 17 heavy (non-hydrogen) atoms. The molecule has 1 aliphatic carbocycles. The van der Waals surface area contributed by atoms with Gasteiger partial charge in [0.15, 0.2) is 0 Å². The summed E-state index contributed by atoms with van der Waals surface area (Å²) in [5.41, 5.74) is -1.23. The van der Waals surface area contributed by atoms with Gasteiger partial charge in [-0.3, -0.25) is 0 Å². The second-order valence-corrected chi connectivity index (χ2v) is 6.43. The molecule has 0 atom stereocenters. The molecule has 3 aliphatic rings.